The predicted octanol–water partition coefficient (Wildman–Crippen LogP) is 5.26. The number of anilines is 1. The van der Waals surface area contributed by atoms with Gasteiger partial charge in [-0.2, -0.15) is 0 Å². The Morgan fingerprint density at radius 3 is 2.27 bits per heavy atom. The number of para-hydroxylation sites is 1. The van der Waals surface area contributed by atoms with Gasteiger partial charge in [0.15, 0.2) is 5.75 Å². The Balaban J connectivity index is 2.02. The summed E-state index contributed by atoms with van der Waals surface area (Å²) in [6.07, 6.45) is 1.25. The molecule has 0 fully saturated rings. The fourth-order valence-electron chi connectivity index (χ4n) is 3.19. The van der Waals surface area contributed by atoms with Gasteiger partial charge in [-0.05, 0) is 43.2 Å². The first-order valence-electron chi connectivity index (χ1n) is 10.7. The molecule has 0 saturated carbocycles. The summed E-state index contributed by atoms with van der Waals surface area (Å²) in [5.41, 5.74) is 1.22. The van der Waals surface area contributed by atoms with Gasteiger partial charge in [0, 0.05) is 6.54 Å². The quantitative estimate of drug-likeness (QED) is 0.311. The van der Waals surface area contributed by atoms with Crippen molar-refractivity contribution < 1.29 is 22.7 Å². The molecule has 1 atom stereocenters. The van der Waals surface area contributed by atoms with E-state index in [2.05, 4.69) is 5.32 Å². The van der Waals surface area contributed by atoms with E-state index >= 15 is 0 Å². The van der Waals surface area contributed by atoms with E-state index in [1.54, 1.807) is 31.2 Å². The van der Waals surface area contributed by atoms with Crippen LogP contribution in [0.1, 0.15) is 48.7 Å². The number of hydrogen-bond donors (Lipinski definition) is 2. The summed E-state index contributed by atoms with van der Waals surface area (Å²) in [5, 5.41) is 8.68. The summed E-state index contributed by atoms with van der Waals surface area (Å²) in [7, 11) is -4.22. The number of unbranched alkanes of at least 4 members (excludes halogenated alkanes) is 1. The lowest BCUT2D eigenvalue weighted by atomic mass is 10.1. The van der Waals surface area contributed by atoms with Crippen LogP contribution in [0.25, 0.3) is 0 Å². The molecule has 0 aliphatic rings. The van der Waals surface area contributed by atoms with Crippen molar-refractivity contribution in [2.75, 3.05) is 11.9 Å². The van der Waals surface area contributed by atoms with Crippen molar-refractivity contribution in [3.05, 3.63) is 83.9 Å². The molecular weight excluding hydrogens is 440 g/mol. The molecule has 0 bridgehead atoms. The summed E-state index contributed by atoms with van der Waals surface area (Å²) in [6.45, 7) is 4.35. The first kappa shape index (κ1) is 24.3. The Hall–Kier alpha value is -3.36. The number of carbonyl (C=O) groups is 1. The number of primary sulfonamides is 1. The molecule has 0 heterocycles. The number of ether oxygens (including phenoxy) is 2. The minimum atomic E-state index is -4.22. The van der Waals surface area contributed by atoms with Crippen LogP contribution in [0.15, 0.2) is 77.7 Å². The molecule has 3 rings (SSSR count). The van der Waals surface area contributed by atoms with Crippen LogP contribution >= 0.6 is 0 Å². The van der Waals surface area contributed by atoms with Crippen molar-refractivity contribution in [3.8, 4) is 11.5 Å². The Morgan fingerprint density at radius 2 is 1.67 bits per heavy atom. The number of esters is 1. The number of carbonyl (C=O) groups excluding carboxylic acids is 1. The Labute approximate surface area is 194 Å². The van der Waals surface area contributed by atoms with Gasteiger partial charge in [0.05, 0.1) is 11.3 Å². The molecule has 33 heavy (non-hydrogen) atoms. The maximum Gasteiger partial charge on any atom is 0.338 e. The molecule has 3 aromatic carbocycles. The maximum absolute atomic E-state index is 12.9. The number of benzene rings is 3. The molecule has 0 saturated heterocycles. The van der Waals surface area contributed by atoms with Gasteiger partial charge in [-0.3, -0.25) is 0 Å². The molecule has 0 aliphatic heterocycles. The average Bonchev–Trinajstić information content (AvgIpc) is 2.80. The Bertz CT molecular complexity index is 1180. The second-order valence-electron chi connectivity index (χ2n) is 7.55. The molecule has 0 aromatic heterocycles. The van der Waals surface area contributed by atoms with Crippen molar-refractivity contribution in [1.29, 1.82) is 0 Å². The fraction of sp³-hybridized carbons (Fsp3) is 0.240. The highest BCUT2D eigenvalue weighted by Gasteiger charge is 2.25. The van der Waals surface area contributed by atoms with Crippen LogP contribution in [0.5, 0.6) is 11.5 Å². The van der Waals surface area contributed by atoms with Crippen molar-refractivity contribution in [2.24, 2.45) is 5.14 Å². The van der Waals surface area contributed by atoms with Gasteiger partial charge in [0.1, 0.15) is 16.7 Å². The van der Waals surface area contributed by atoms with Gasteiger partial charge in [-0.25, -0.2) is 18.4 Å². The largest absolute Gasteiger partial charge is 0.454 e. The number of sulfonamides is 1. The zero-order chi connectivity index (χ0) is 23.8. The van der Waals surface area contributed by atoms with E-state index in [1.807, 2.05) is 43.3 Å². The normalized spacial score (nSPS) is 12.1. The summed E-state index contributed by atoms with van der Waals surface area (Å²) in [4.78, 5) is 12.6. The first-order chi connectivity index (χ1) is 15.8. The number of nitrogens with one attached hydrogen (secondary N) is 1. The highest BCUT2D eigenvalue weighted by atomic mass is 32.2. The van der Waals surface area contributed by atoms with E-state index in [4.69, 9.17) is 14.6 Å². The van der Waals surface area contributed by atoms with Gasteiger partial charge in [-0.15, -0.1) is 0 Å². The van der Waals surface area contributed by atoms with Crippen LogP contribution < -0.4 is 15.2 Å². The molecule has 174 valence electrons. The smallest absolute Gasteiger partial charge is 0.338 e. The maximum atomic E-state index is 12.9. The molecule has 1 unspecified atom stereocenters. The highest BCUT2D eigenvalue weighted by Crippen LogP contribution is 2.37. The first-order valence-corrected chi connectivity index (χ1v) is 12.3. The molecule has 3 aromatic rings. The molecule has 3 N–H and O–H groups in total. The lowest BCUT2D eigenvalue weighted by molar-refractivity contribution is 0.0337. The summed E-state index contributed by atoms with van der Waals surface area (Å²) >= 11 is 0. The summed E-state index contributed by atoms with van der Waals surface area (Å²) in [5.74, 6) is -0.192. The van der Waals surface area contributed by atoms with Gasteiger partial charge < -0.3 is 14.8 Å². The van der Waals surface area contributed by atoms with E-state index in [9.17, 15) is 13.2 Å². The van der Waals surface area contributed by atoms with Crippen molar-refractivity contribution in [3.63, 3.8) is 0 Å². The van der Waals surface area contributed by atoms with Crippen molar-refractivity contribution in [2.45, 2.75) is 37.7 Å². The standard InChI is InChI=1S/C25H28N2O5S/c1-3-4-15-27-22-16-20(25(28)31-18(2)19-11-7-5-8-12-19)17-23(33(26,29)30)24(22)32-21-13-9-6-10-14-21/h5-14,16-18,27H,3-4,15H2,1-2H3,(H2,26,29,30). The average molecular weight is 469 g/mol. The molecular formula is C25H28N2O5S. The number of nitrogens with two attached hydrogens (primary N) is 1. The van der Waals surface area contributed by atoms with E-state index in [0.717, 1.165) is 18.4 Å². The van der Waals surface area contributed by atoms with Gasteiger partial charge >= 0.3 is 5.97 Å². The summed E-state index contributed by atoms with van der Waals surface area (Å²) < 4.78 is 36.4. The monoisotopic (exact) mass is 468 g/mol. The van der Waals surface area contributed by atoms with Crippen LogP contribution in [0.2, 0.25) is 0 Å². The predicted molar refractivity (Wildman–Crippen MR) is 128 cm³/mol. The van der Waals surface area contributed by atoms with E-state index in [0.29, 0.717) is 18.0 Å². The second-order valence-corrected chi connectivity index (χ2v) is 9.08. The van der Waals surface area contributed by atoms with Crippen LogP contribution in [0.4, 0.5) is 5.69 Å². The molecule has 0 aliphatic carbocycles. The lowest BCUT2D eigenvalue weighted by Crippen LogP contribution is -2.17. The highest BCUT2D eigenvalue weighted by molar-refractivity contribution is 7.89. The Kier molecular flexibility index (Phi) is 8.08. The SMILES string of the molecule is CCCCNc1cc(C(=O)OC(C)c2ccccc2)cc(S(N)(=O)=O)c1Oc1ccccc1. The number of rotatable bonds is 10. The van der Waals surface area contributed by atoms with Gasteiger partial charge in [0.2, 0.25) is 10.0 Å². The summed E-state index contributed by atoms with van der Waals surface area (Å²) in [6, 6.07) is 20.8. The van der Waals surface area contributed by atoms with E-state index in [1.165, 1.54) is 12.1 Å². The van der Waals surface area contributed by atoms with Gasteiger partial charge in [0.25, 0.3) is 0 Å². The minimum Gasteiger partial charge on any atom is -0.454 e. The third kappa shape index (κ3) is 6.57. The van der Waals surface area contributed by atoms with E-state index in [-0.39, 0.29) is 16.2 Å². The van der Waals surface area contributed by atoms with Gasteiger partial charge in [-0.1, -0.05) is 61.9 Å². The zero-order valence-electron chi connectivity index (χ0n) is 18.7. The second kappa shape index (κ2) is 11.0. The van der Waals surface area contributed by atoms with Crippen LogP contribution in [0, 0.1) is 0 Å². The molecule has 0 amide bonds. The fourth-order valence-corrected chi connectivity index (χ4v) is 3.90. The third-order valence-electron chi connectivity index (χ3n) is 4.96. The zero-order valence-corrected chi connectivity index (χ0v) is 19.5. The van der Waals surface area contributed by atoms with Crippen molar-refractivity contribution in [1.82, 2.24) is 0 Å². The van der Waals surface area contributed by atoms with Crippen molar-refractivity contribution >= 4 is 21.7 Å². The molecule has 8 heteroatoms. The molecule has 0 spiro atoms. The molecule has 0 radical (unpaired) electrons. The van der Waals surface area contributed by atoms with Crippen LogP contribution in [-0.2, 0) is 14.8 Å². The Morgan fingerprint density at radius 1 is 1.03 bits per heavy atom. The van der Waals surface area contributed by atoms with Crippen LogP contribution in [0.3, 0.4) is 0 Å². The minimum absolute atomic E-state index is 0.0347. The topological polar surface area (TPSA) is 108 Å². The molecule has 7 nitrogen and oxygen atoms in total. The number of hydrogen-bond acceptors (Lipinski definition) is 6. The lowest BCUT2D eigenvalue weighted by Gasteiger charge is -2.19. The van der Waals surface area contributed by atoms with Crippen LogP contribution in [-0.4, -0.2) is 20.9 Å². The third-order valence-corrected chi connectivity index (χ3v) is 5.88. The van der Waals surface area contributed by atoms with E-state index < -0.39 is 22.1 Å².